The standard InChI is InChI=1S/C9H8N2O3/c12-7-4-10-8-5(9(13)14)2-1-3-6(8)11-7/h1-3,10H,4H2,(H,11,12)(H,13,14). The van der Waals surface area contributed by atoms with Crippen LogP contribution in [-0.4, -0.2) is 23.5 Å². The minimum atomic E-state index is -1.01. The molecule has 5 heteroatoms. The lowest BCUT2D eigenvalue weighted by atomic mass is 10.1. The molecule has 1 aliphatic heterocycles. The quantitative estimate of drug-likeness (QED) is 0.613. The number of nitrogens with one attached hydrogen (secondary N) is 2. The number of anilines is 2. The second-order valence-electron chi connectivity index (χ2n) is 2.94. The average molecular weight is 192 g/mol. The smallest absolute Gasteiger partial charge is 0.337 e. The molecule has 0 aliphatic carbocycles. The molecular weight excluding hydrogens is 184 g/mol. The zero-order chi connectivity index (χ0) is 10.1. The van der Waals surface area contributed by atoms with E-state index >= 15 is 0 Å². The molecule has 5 nitrogen and oxygen atoms in total. The minimum Gasteiger partial charge on any atom is -0.478 e. The highest BCUT2D eigenvalue weighted by Gasteiger charge is 2.19. The number of rotatable bonds is 1. The van der Waals surface area contributed by atoms with Crippen molar-refractivity contribution in [1.82, 2.24) is 0 Å². The first kappa shape index (κ1) is 8.55. The first-order chi connectivity index (χ1) is 6.68. The average Bonchev–Trinajstić information content (AvgIpc) is 2.16. The first-order valence-electron chi connectivity index (χ1n) is 4.08. The van der Waals surface area contributed by atoms with E-state index < -0.39 is 5.97 Å². The molecule has 0 atom stereocenters. The van der Waals surface area contributed by atoms with E-state index in [1.165, 1.54) is 6.07 Å². The van der Waals surface area contributed by atoms with Crippen LogP contribution in [0.5, 0.6) is 0 Å². The number of hydrogen-bond donors (Lipinski definition) is 3. The Hall–Kier alpha value is -2.04. The molecule has 1 aliphatic rings. The molecule has 0 bridgehead atoms. The van der Waals surface area contributed by atoms with Gasteiger partial charge in [0, 0.05) is 0 Å². The number of carbonyl (C=O) groups excluding carboxylic acids is 1. The van der Waals surface area contributed by atoms with Crippen LogP contribution in [0.15, 0.2) is 18.2 Å². The molecule has 0 aromatic heterocycles. The molecule has 0 saturated heterocycles. The summed E-state index contributed by atoms with van der Waals surface area (Å²) in [7, 11) is 0. The van der Waals surface area contributed by atoms with Gasteiger partial charge in [0.1, 0.15) is 0 Å². The van der Waals surface area contributed by atoms with Crippen molar-refractivity contribution in [2.24, 2.45) is 0 Å². The lowest BCUT2D eigenvalue weighted by molar-refractivity contribution is -0.114. The Morgan fingerprint density at radius 2 is 2.21 bits per heavy atom. The van der Waals surface area contributed by atoms with Crippen molar-refractivity contribution in [2.45, 2.75) is 0 Å². The number of amides is 1. The molecule has 14 heavy (non-hydrogen) atoms. The van der Waals surface area contributed by atoms with E-state index in [0.717, 1.165) is 0 Å². The molecule has 1 amide bonds. The van der Waals surface area contributed by atoms with Crippen molar-refractivity contribution in [3.8, 4) is 0 Å². The van der Waals surface area contributed by atoms with E-state index in [2.05, 4.69) is 10.6 Å². The van der Waals surface area contributed by atoms with Gasteiger partial charge in [0.25, 0.3) is 0 Å². The number of fused-ring (bicyclic) bond motifs is 1. The number of carbonyl (C=O) groups is 2. The zero-order valence-electron chi connectivity index (χ0n) is 7.20. The Balaban J connectivity index is 2.52. The maximum Gasteiger partial charge on any atom is 0.337 e. The van der Waals surface area contributed by atoms with Gasteiger partial charge in [-0.05, 0) is 12.1 Å². The number of benzene rings is 1. The molecule has 0 saturated carbocycles. The van der Waals surface area contributed by atoms with Crippen molar-refractivity contribution >= 4 is 23.3 Å². The summed E-state index contributed by atoms with van der Waals surface area (Å²) in [6.45, 7) is 0.108. The van der Waals surface area contributed by atoms with Crippen LogP contribution in [-0.2, 0) is 4.79 Å². The number of carboxylic acid groups (broad SMARTS) is 1. The molecule has 0 unspecified atom stereocenters. The van der Waals surface area contributed by atoms with E-state index in [1.807, 2.05) is 0 Å². The maximum atomic E-state index is 11.0. The third kappa shape index (κ3) is 1.28. The summed E-state index contributed by atoms with van der Waals surface area (Å²) in [6, 6.07) is 4.74. The molecule has 1 aromatic carbocycles. The monoisotopic (exact) mass is 192 g/mol. The van der Waals surface area contributed by atoms with Crippen molar-refractivity contribution in [1.29, 1.82) is 0 Å². The number of aromatic carboxylic acids is 1. The Bertz CT molecular complexity index is 415. The summed E-state index contributed by atoms with van der Waals surface area (Å²) in [4.78, 5) is 21.8. The molecule has 0 radical (unpaired) electrons. The third-order valence-electron chi connectivity index (χ3n) is 1.99. The second kappa shape index (κ2) is 3.02. The van der Waals surface area contributed by atoms with Crippen molar-refractivity contribution in [3.05, 3.63) is 23.8 Å². The first-order valence-corrected chi connectivity index (χ1v) is 4.08. The van der Waals surface area contributed by atoms with Gasteiger partial charge in [-0.15, -0.1) is 0 Å². The van der Waals surface area contributed by atoms with Gasteiger partial charge in [-0.25, -0.2) is 4.79 Å². The Morgan fingerprint density at radius 3 is 2.93 bits per heavy atom. The highest BCUT2D eigenvalue weighted by atomic mass is 16.4. The highest BCUT2D eigenvalue weighted by Crippen LogP contribution is 2.28. The van der Waals surface area contributed by atoms with Gasteiger partial charge in [0.15, 0.2) is 0 Å². The second-order valence-corrected chi connectivity index (χ2v) is 2.94. The van der Waals surface area contributed by atoms with E-state index in [0.29, 0.717) is 11.4 Å². The van der Waals surface area contributed by atoms with Crippen molar-refractivity contribution in [2.75, 3.05) is 17.2 Å². The van der Waals surface area contributed by atoms with E-state index in [1.54, 1.807) is 12.1 Å². The molecule has 2 rings (SSSR count). The number of para-hydroxylation sites is 1. The van der Waals surface area contributed by atoms with Crippen LogP contribution >= 0.6 is 0 Å². The molecular formula is C9H8N2O3. The fourth-order valence-corrected chi connectivity index (χ4v) is 1.39. The van der Waals surface area contributed by atoms with Crippen LogP contribution in [0.2, 0.25) is 0 Å². The molecule has 72 valence electrons. The van der Waals surface area contributed by atoms with Gasteiger partial charge >= 0.3 is 5.97 Å². The molecule has 1 heterocycles. The molecule has 0 fully saturated rings. The molecule has 3 N–H and O–H groups in total. The van der Waals surface area contributed by atoms with Gasteiger partial charge in [0.05, 0.1) is 23.5 Å². The third-order valence-corrected chi connectivity index (χ3v) is 1.99. The van der Waals surface area contributed by atoms with Gasteiger partial charge < -0.3 is 15.7 Å². The lowest BCUT2D eigenvalue weighted by Gasteiger charge is -2.19. The van der Waals surface area contributed by atoms with Crippen LogP contribution in [0.3, 0.4) is 0 Å². The highest BCUT2D eigenvalue weighted by molar-refractivity contribution is 6.06. The predicted octanol–water partition coefficient (Wildman–Crippen LogP) is 0.749. The van der Waals surface area contributed by atoms with Crippen LogP contribution in [0, 0.1) is 0 Å². The fourth-order valence-electron chi connectivity index (χ4n) is 1.39. The van der Waals surface area contributed by atoms with Crippen LogP contribution in [0.1, 0.15) is 10.4 Å². The summed E-state index contributed by atoms with van der Waals surface area (Å²) in [5.74, 6) is -1.18. The summed E-state index contributed by atoms with van der Waals surface area (Å²) in [5.41, 5.74) is 1.16. The van der Waals surface area contributed by atoms with Gasteiger partial charge in [-0.2, -0.15) is 0 Å². The maximum absolute atomic E-state index is 11.0. The van der Waals surface area contributed by atoms with E-state index in [4.69, 9.17) is 5.11 Å². The SMILES string of the molecule is O=C1CNc2c(cccc2C(=O)O)N1. The van der Waals surface area contributed by atoms with Crippen LogP contribution in [0.4, 0.5) is 11.4 Å². The van der Waals surface area contributed by atoms with E-state index in [-0.39, 0.29) is 18.0 Å². The number of hydrogen-bond acceptors (Lipinski definition) is 3. The lowest BCUT2D eigenvalue weighted by Crippen LogP contribution is -2.28. The van der Waals surface area contributed by atoms with Gasteiger partial charge in [0.2, 0.25) is 5.91 Å². The normalized spacial score (nSPS) is 13.9. The topological polar surface area (TPSA) is 78.4 Å². The van der Waals surface area contributed by atoms with Crippen LogP contribution in [0.25, 0.3) is 0 Å². The minimum absolute atomic E-state index is 0.108. The largest absolute Gasteiger partial charge is 0.478 e. The molecule has 1 aromatic rings. The Kier molecular flexibility index (Phi) is 1.85. The van der Waals surface area contributed by atoms with Crippen molar-refractivity contribution in [3.63, 3.8) is 0 Å². The van der Waals surface area contributed by atoms with Crippen molar-refractivity contribution < 1.29 is 14.7 Å². The van der Waals surface area contributed by atoms with Crippen LogP contribution < -0.4 is 10.6 Å². The van der Waals surface area contributed by atoms with Gasteiger partial charge in [-0.3, -0.25) is 4.79 Å². The summed E-state index contributed by atoms with van der Waals surface area (Å²) < 4.78 is 0. The molecule has 0 spiro atoms. The summed E-state index contributed by atoms with van der Waals surface area (Å²) in [6.07, 6.45) is 0. The summed E-state index contributed by atoms with van der Waals surface area (Å²) >= 11 is 0. The predicted molar refractivity (Wildman–Crippen MR) is 50.5 cm³/mol. The fraction of sp³-hybridized carbons (Fsp3) is 0.111. The van der Waals surface area contributed by atoms with E-state index in [9.17, 15) is 9.59 Å². The Labute approximate surface area is 79.7 Å². The Morgan fingerprint density at radius 1 is 1.43 bits per heavy atom. The number of carboxylic acids is 1. The summed E-state index contributed by atoms with van der Waals surface area (Å²) in [5, 5.41) is 14.2. The van der Waals surface area contributed by atoms with Gasteiger partial charge in [-0.1, -0.05) is 6.07 Å². The zero-order valence-corrected chi connectivity index (χ0v) is 7.20.